The molecule has 152 valence electrons. The van der Waals surface area contributed by atoms with Gasteiger partial charge in [0.25, 0.3) is 5.56 Å². The highest BCUT2D eigenvalue weighted by Gasteiger charge is 2.18. The summed E-state index contributed by atoms with van der Waals surface area (Å²) in [6, 6.07) is 17.5. The average Bonchev–Trinajstić information content (AvgIpc) is 3.02. The summed E-state index contributed by atoms with van der Waals surface area (Å²) in [4.78, 5) is 30.3. The number of aromatic nitrogens is 3. The van der Waals surface area contributed by atoms with E-state index in [0.29, 0.717) is 11.0 Å². The predicted molar refractivity (Wildman–Crippen MR) is 119 cm³/mol. The van der Waals surface area contributed by atoms with Crippen molar-refractivity contribution < 1.29 is 4.79 Å². The monoisotopic (exact) mass is 400 g/mol. The molecule has 4 rings (SSSR count). The van der Waals surface area contributed by atoms with Crippen LogP contribution in [0.15, 0.2) is 65.7 Å². The lowest BCUT2D eigenvalue weighted by Gasteiger charge is -2.11. The van der Waals surface area contributed by atoms with Crippen molar-refractivity contribution in [1.82, 2.24) is 14.1 Å². The highest BCUT2D eigenvalue weighted by Crippen LogP contribution is 2.24. The van der Waals surface area contributed by atoms with Crippen molar-refractivity contribution in [2.24, 2.45) is 0 Å². The third-order valence-corrected chi connectivity index (χ3v) is 5.48. The fourth-order valence-electron chi connectivity index (χ4n) is 3.79. The second-order valence-corrected chi connectivity index (χ2v) is 7.32. The van der Waals surface area contributed by atoms with Gasteiger partial charge in [0, 0.05) is 17.1 Å². The molecule has 2 heterocycles. The molecule has 2 aromatic carbocycles. The lowest BCUT2D eigenvalue weighted by Crippen LogP contribution is -2.28. The smallest absolute Gasteiger partial charge is 0.263 e. The summed E-state index contributed by atoms with van der Waals surface area (Å²) in [6.07, 6.45) is 2.27. The number of nitrogens with zero attached hydrogens (tertiary/aromatic N) is 3. The maximum atomic E-state index is 13.2. The molecule has 1 amide bonds. The number of rotatable bonds is 5. The van der Waals surface area contributed by atoms with E-state index >= 15 is 0 Å². The number of nitrogens with one attached hydrogen (secondary N) is 1. The maximum Gasteiger partial charge on any atom is 0.263 e. The number of fused-ring (bicyclic) bond motifs is 1. The first kappa shape index (κ1) is 19.6. The van der Waals surface area contributed by atoms with E-state index in [1.54, 1.807) is 0 Å². The van der Waals surface area contributed by atoms with E-state index in [-0.39, 0.29) is 18.0 Å². The van der Waals surface area contributed by atoms with E-state index in [1.165, 1.54) is 10.9 Å². The Morgan fingerprint density at radius 2 is 1.73 bits per heavy atom. The average molecular weight is 400 g/mol. The number of anilines is 1. The van der Waals surface area contributed by atoms with Crippen LogP contribution in [0.1, 0.15) is 23.7 Å². The number of carbonyl (C=O) groups is 1. The predicted octanol–water partition coefficient (Wildman–Crippen LogP) is 4.01. The summed E-state index contributed by atoms with van der Waals surface area (Å²) < 4.78 is 3.35. The highest BCUT2D eigenvalue weighted by atomic mass is 16.2. The molecule has 0 fully saturated rings. The van der Waals surface area contributed by atoms with Crippen molar-refractivity contribution in [2.75, 3.05) is 5.32 Å². The summed E-state index contributed by atoms with van der Waals surface area (Å²) in [5.41, 5.74) is 5.00. The number of amides is 1. The van der Waals surface area contributed by atoms with Gasteiger partial charge in [0.2, 0.25) is 5.91 Å². The van der Waals surface area contributed by atoms with Gasteiger partial charge in [0.15, 0.2) is 5.65 Å². The van der Waals surface area contributed by atoms with Gasteiger partial charge in [-0.1, -0.05) is 43.3 Å². The molecule has 30 heavy (non-hydrogen) atoms. The minimum atomic E-state index is -0.254. The zero-order valence-electron chi connectivity index (χ0n) is 17.3. The highest BCUT2D eigenvalue weighted by molar-refractivity contribution is 5.91. The first-order valence-corrected chi connectivity index (χ1v) is 10.0. The molecular weight excluding hydrogens is 376 g/mol. The molecule has 0 aliphatic heterocycles. The van der Waals surface area contributed by atoms with Crippen LogP contribution in [0.5, 0.6) is 0 Å². The first-order chi connectivity index (χ1) is 14.5. The van der Waals surface area contributed by atoms with Gasteiger partial charge in [-0.25, -0.2) is 4.98 Å². The second kappa shape index (κ2) is 7.99. The number of hydrogen-bond acceptors (Lipinski definition) is 3. The van der Waals surface area contributed by atoms with E-state index in [2.05, 4.69) is 10.3 Å². The van der Waals surface area contributed by atoms with Crippen LogP contribution in [0, 0.1) is 13.8 Å². The molecule has 4 aromatic rings. The first-order valence-electron chi connectivity index (χ1n) is 10.0. The number of aryl methyl sites for hydroxylation is 2. The number of benzene rings is 2. The van der Waals surface area contributed by atoms with Crippen molar-refractivity contribution in [2.45, 2.75) is 33.7 Å². The van der Waals surface area contributed by atoms with Crippen LogP contribution in [-0.2, 0) is 17.8 Å². The van der Waals surface area contributed by atoms with Crippen LogP contribution < -0.4 is 10.9 Å². The lowest BCUT2D eigenvalue weighted by molar-refractivity contribution is -0.116. The van der Waals surface area contributed by atoms with Crippen LogP contribution in [0.2, 0.25) is 0 Å². The number of hydrogen-bond donors (Lipinski definition) is 1. The van der Waals surface area contributed by atoms with Crippen molar-refractivity contribution in [3.63, 3.8) is 0 Å². The summed E-state index contributed by atoms with van der Waals surface area (Å²) in [5.74, 6) is -0.254. The molecule has 2 aromatic heterocycles. The van der Waals surface area contributed by atoms with Crippen LogP contribution >= 0.6 is 0 Å². The minimum Gasteiger partial charge on any atom is -0.324 e. The standard InChI is InChI=1S/C24H24N4O2/c1-4-18-10-8-9-13-20(18)26-21(29)14-27-15-25-23-22(24(27)30)16(2)17(3)28(23)19-11-6-5-7-12-19/h5-13,15H,4,14H2,1-3H3,(H,26,29). The zero-order chi connectivity index (χ0) is 21.3. The molecule has 0 saturated carbocycles. The van der Waals surface area contributed by atoms with Crippen LogP contribution in [-0.4, -0.2) is 20.0 Å². The summed E-state index contributed by atoms with van der Waals surface area (Å²) >= 11 is 0. The number of carbonyl (C=O) groups excluding carboxylic acids is 1. The van der Waals surface area contributed by atoms with Crippen molar-refractivity contribution in [1.29, 1.82) is 0 Å². The van der Waals surface area contributed by atoms with Crippen LogP contribution in [0.3, 0.4) is 0 Å². The van der Waals surface area contributed by atoms with Gasteiger partial charge in [-0.15, -0.1) is 0 Å². The van der Waals surface area contributed by atoms with E-state index < -0.39 is 0 Å². The van der Waals surface area contributed by atoms with E-state index in [1.807, 2.05) is 79.9 Å². The van der Waals surface area contributed by atoms with Gasteiger partial charge < -0.3 is 5.32 Å². The molecule has 0 radical (unpaired) electrons. The zero-order valence-corrected chi connectivity index (χ0v) is 17.3. The summed E-state index contributed by atoms with van der Waals surface area (Å²) in [5, 5.41) is 3.45. The molecule has 0 aliphatic carbocycles. The Balaban J connectivity index is 1.70. The third-order valence-electron chi connectivity index (χ3n) is 5.48. The molecule has 0 spiro atoms. The molecule has 0 aliphatic rings. The Hall–Kier alpha value is -3.67. The SMILES string of the molecule is CCc1ccccc1NC(=O)Cn1cnc2c(c(C)c(C)n2-c2ccccc2)c1=O. The Bertz CT molecular complexity index is 1290. The lowest BCUT2D eigenvalue weighted by atomic mass is 10.1. The fourth-order valence-corrected chi connectivity index (χ4v) is 3.79. The van der Waals surface area contributed by atoms with Crippen LogP contribution in [0.25, 0.3) is 16.7 Å². The van der Waals surface area contributed by atoms with Crippen LogP contribution in [0.4, 0.5) is 5.69 Å². The molecule has 6 heteroatoms. The molecular formula is C24H24N4O2. The van der Waals surface area contributed by atoms with Gasteiger partial charge in [-0.3, -0.25) is 18.7 Å². The Morgan fingerprint density at radius 3 is 2.47 bits per heavy atom. The maximum absolute atomic E-state index is 13.2. The molecule has 0 atom stereocenters. The molecule has 0 unspecified atom stereocenters. The third kappa shape index (κ3) is 3.41. The quantitative estimate of drug-likeness (QED) is 0.550. The van der Waals surface area contributed by atoms with Gasteiger partial charge in [-0.2, -0.15) is 0 Å². The van der Waals surface area contributed by atoms with Crippen molar-refractivity contribution in [3.05, 3.63) is 88.1 Å². The summed E-state index contributed by atoms with van der Waals surface area (Å²) in [6.45, 7) is 5.84. The fraction of sp³-hybridized carbons (Fsp3) is 0.208. The van der Waals surface area contributed by atoms with Crippen molar-refractivity contribution in [3.8, 4) is 5.69 Å². The molecule has 0 bridgehead atoms. The normalized spacial score (nSPS) is 11.0. The number of para-hydroxylation sites is 2. The van der Waals surface area contributed by atoms with Gasteiger partial charge >= 0.3 is 0 Å². The Morgan fingerprint density at radius 1 is 1.03 bits per heavy atom. The van der Waals surface area contributed by atoms with E-state index in [4.69, 9.17) is 0 Å². The summed E-state index contributed by atoms with van der Waals surface area (Å²) in [7, 11) is 0. The van der Waals surface area contributed by atoms with Gasteiger partial charge in [-0.05, 0) is 49.6 Å². The Labute approximate surface area is 174 Å². The minimum absolute atomic E-state index is 0.0885. The second-order valence-electron chi connectivity index (χ2n) is 7.32. The Kier molecular flexibility index (Phi) is 5.23. The molecule has 0 saturated heterocycles. The largest absolute Gasteiger partial charge is 0.324 e. The van der Waals surface area contributed by atoms with Gasteiger partial charge in [0.1, 0.15) is 12.9 Å². The topological polar surface area (TPSA) is 68.9 Å². The molecule has 1 N–H and O–H groups in total. The van der Waals surface area contributed by atoms with Gasteiger partial charge in [0.05, 0.1) is 5.39 Å². The van der Waals surface area contributed by atoms with E-state index in [0.717, 1.165) is 34.6 Å². The molecule has 6 nitrogen and oxygen atoms in total. The van der Waals surface area contributed by atoms with E-state index in [9.17, 15) is 9.59 Å². The van der Waals surface area contributed by atoms with Crippen molar-refractivity contribution >= 4 is 22.6 Å².